The third kappa shape index (κ3) is 4.39. The van der Waals surface area contributed by atoms with E-state index in [9.17, 15) is 22.8 Å². The monoisotopic (exact) mass is 506 g/mol. The van der Waals surface area contributed by atoms with Gasteiger partial charge in [0.25, 0.3) is 11.5 Å². The Morgan fingerprint density at radius 3 is 2.46 bits per heavy atom. The van der Waals surface area contributed by atoms with Crippen molar-refractivity contribution in [1.29, 1.82) is 0 Å². The first-order valence-electron chi connectivity index (χ1n) is 11.3. The molecule has 5 aromatic rings. The summed E-state index contributed by atoms with van der Waals surface area (Å²) in [6.07, 6.45) is -2.96. The van der Waals surface area contributed by atoms with Crippen LogP contribution in [0.15, 0.2) is 71.7 Å². The summed E-state index contributed by atoms with van der Waals surface area (Å²) in [6, 6.07) is 13.8. The number of nitrogens with one attached hydrogen (secondary N) is 1. The SMILES string of the molecule is C[C@H](NC(=O)c1ccc2c(c1)c1nn(C)cc1c(=O)n2-c1ccc(C(F)(F)F)cc1)c1cccc(N)n1. The predicted octanol–water partition coefficient (Wildman–Crippen LogP) is 4.36. The zero-order valence-electron chi connectivity index (χ0n) is 19.7. The first-order chi connectivity index (χ1) is 17.5. The molecule has 0 saturated carbocycles. The molecule has 3 heterocycles. The molecule has 2 aromatic carbocycles. The molecule has 0 saturated heterocycles. The molecule has 0 unspecified atom stereocenters. The number of carbonyl (C=O) groups excluding carboxylic acids is 1. The topological polar surface area (TPSA) is 108 Å². The van der Waals surface area contributed by atoms with Crippen LogP contribution in [0.4, 0.5) is 19.0 Å². The number of rotatable bonds is 4. The number of nitrogen functional groups attached to an aromatic ring is 1. The summed E-state index contributed by atoms with van der Waals surface area (Å²) < 4.78 is 42.0. The third-order valence-corrected chi connectivity index (χ3v) is 6.05. The molecule has 0 aliphatic heterocycles. The largest absolute Gasteiger partial charge is 0.416 e. The number of anilines is 1. The molecule has 3 N–H and O–H groups in total. The smallest absolute Gasteiger partial charge is 0.384 e. The van der Waals surface area contributed by atoms with Crippen molar-refractivity contribution in [3.63, 3.8) is 0 Å². The molecule has 0 aliphatic rings. The van der Waals surface area contributed by atoms with Crippen molar-refractivity contribution in [1.82, 2.24) is 24.6 Å². The molecular formula is C26H21F3N6O2. The predicted molar refractivity (Wildman–Crippen MR) is 133 cm³/mol. The lowest BCUT2D eigenvalue weighted by atomic mass is 10.1. The Morgan fingerprint density at radius 2 is 1.78 bits per heavy atom. The second-order valence-corrected chi connectivity index (χ2v) is 8.66. The lowest BCUT2D eigenvalue weighted by molar-refractivity contribution is -0.137. The quantitative estimate of drug-likeness (QED) is 0.377. The Kier molecular flexibility index (Phi) is 5.70. The molecule has 1 amide bonds. The number of fused-ring (bicyclic) bond motifs is 3. The highest BCUT2D eigenvalue weighted by Gasteiger charge is 2.30. The van der Waals surface area contributed by atoms with Gasteiger partial charge in [-0.25, -0.2) is 4.98 Å². The lowest BCUT2D eigenvalue weighted by Crippen LogP contribution is -2.27. The van der Waals surface area contributed by atoms with Crippen molar-refractivity contribution in [2.75, 3.05) is 5.73 Å². The summed E-state index contributed by atoms with van der Waals surface area (Å²) >= 11 is 0. The van der Waals surface area contributed by atoms with Crippen molar-refractivity contribution in [2.24, 2.45) is 7.05 Å². The summed E-state index contributed by atoms with van der Waals surface area (Å²) in [6.45, 7) is 1.78. The Labute approximate surface area is 208 Å². The van der Waals surface area contributed by atoms with Gasteiger partial charge in [-0.2, -0.15) is 18.3 Å². The molecule has 5 rings (SSSR count). The summed E-state index contributed by atoms with van der Waals surface area (Å²) in [4.78, 5) is 30.7. The Balaban J connectivity index is 1.62. The van der Waals surface area contributed by atoms with Gasteiger partial charge in [0.1, 0.15) is 11.3 Å². The third-order valence-electron chi connectivity index (χ3n) is 6.05. The van der Waals surface area contributed by atoms with E-state index < -0.39 is 23.3 Å². The van der Waals surface area contributed by atoms with Gasteiger partial charge in [-0.1, -0.05) is 6.07 Å². The van der Waals surface area contributed by atoms with Gasteiger partial charge >= 0.3 is 6.18 Å². The van der Waals surface area contributed by atoms with Crippen LogP contribution >= 0.6 is 0 Å². The van der Waals surface area contributed by atoms with E-state index in [1.165, 1.54) is 27.6 Å². The second-order valence-electron chi connectivity index (χ2n) is 8.66. The highest BCUT2D eigenvalue weighted by Crippen LogP contribution is 2.31. The van der Waals surface area contributed by atoms with E-state index in [0.717, 1.165) is 12.1 Å². The Bertz CT molecular complexity index is 1720. The Morgan fingerprint density at radius 1 is 1.05 bits per heavy atom. The summed E-state index contributed by atoms with van der Waals surface area (Å²) in [5, 5.41) is 8.04. The maximum absolute atomic E-state index is 13.4. The van der Waals surface area contributed by atoms with Gasteiger partial charge < -0.3 is 11.1 Å². The fourth-order valence-corrected chi connectivity index (χ4v) is 4.26. The van der Waals surface area contributed by atoms with Crippen LogP contribution in [0.1, 0.15) is 34.6 Å². The van der Waals surface area contributed by atoms with Crippen LogP contribution in [0.3, 0.4) is 0 Å². The second kappa shape index (κ2) is 8.77. The molecule has 0 radical (unpaired) electrons. The van der Waals surface area contributed by atoms with Crippen LogP contribution in [0, 0.1) is 0 Å². The molecule has 0 fully saturated rings. The fraction of sp³-hybridized carbons (Fsp3) is 0.154. The van der Waals surface area contributed by atoms with Crippen molar-refractivity contribution in [2.45, 2.75) is 19.1 Å². The van der Waals surface area contributed by atoms with Crippen LogP contribution in [0.5, 0.6) is 0 Å². The highest BCUT2D eigenvalue weighted by molar-refractivity contribution is 6.07. The zero-order chi connectivity index (χ0) is 26.5. The number of nitrogens with zero attached hydrogens (tertiary/aromatic N) is 4. The molecule has 37 heavy (non-hydrogen) atoms. The van der Waals surface area contributed by atoms with Crippen molar-refractivity contribution in [3.8, 4) is 5.69 Å². The minimum absolute atomic E-state index is 0.257. The van der Waals surface area contributed by atoms with E-state index in [-0.39, 0.29) is 17.0 Å². The molecule has 0 bridgehead atoms. The standard InChI is InChI=1S/C26H21F3N6O2/c1-14(20-4-3-5-22(30)32-20)31-24(36)15-6-11-21-18(12-15)23-19(13-34(2)33-23)25(37)35(21)17-9-7-16(8-10-17)26(27,28)29/h3-14H,1-2H3,(H2,30,32)(H,31,36)/t14-/m0/s1. The first kappa shape index (κ1) is 24.0. The van der Waals surface area contributed by atoms with Gasteiger partial charge in [0.2, 0.25) is 0 Å². The number of alkyl halides is 3. The number of benzene rings is 2. The van der Waals surface area contributed by atoms with E-state index in [1.807, 2.05) is 0 Å². The van der Waals surface area contributed by atoms with Gasteiger partial charge in [-0.15, -0.1) is 0 Å². The van der Waals surface area contributed by atoms with Gasteiger partial charge in [0, 0.05) is 29.9 Å². The van der Waals surface area contributed by atoms with Crippen molar-refractivity contribution in [3.05, 3.63) is 94.0 Å². The summed E-state index contributed by atoms with van der Waals surface area (Å²) in [7, 11) is 1.66. The van der Waals surface area contributed by atoms with E-state index >= 15 is 0 Å². The molecular weight excluding hydrogens is 485 g/mol. The molecule has 0 aliphatic carbocycles. The first-order valence-corrected chi connectivity index (χ1v) is 11.3. The fourth-order valence-electron chi connectivity index (χ4n) is 4.26. The van der Waals surface area contributed by atoms with E-state index in [0.29, 0.717) is 33.5 Å². The number of aryl methyl sites for hydroxylation is 1. The molecule has 188 valence electrons. The van der Waals surface area contributed by atoms with E-state index in [1.54, 1.807) is 50.4 Å². The van der Waals surface area contributed by atoms with E-state index in [2.05, 4.69) is 15.4 Å². The van der Waals surface area contributed by atoms with E-state index in [4.69, 9.17) is 5.73 Å². The average Bonchev–Trinajstić information content (AvgIpc) is 3.26. The highest BCUT2D eigenvalue weighted by atomic mass is 19.4. The van der Waals surface area contributed by atoms with Crippen LogP contribution in [0.2, 0.25) is 0 Å². The zero-order valence-corrected chi connectivity index (χ0v) is 19.7. The summed E-state index contributed by atoms with van der Waals surface area (Å²) in [5.74, 6) is -0.0435. The number of amides is 1. The minimum atomic E-state index is -4.50. The van der Waals surface area contributed by atoms with Gasteiger partial charge in [-0.3, -0.25) is 18.8 Å². The molecule has 0 spiro atoms. The maximum atomic E-state index is 13.4. The number of nitrogens with two attached hydrogens (primary N) is 1. The van der Waals surface area contributed by atoms with Gasteiger partial charge in [0.05, 0.1) is 28.2 Å². The number of carbonyl (C=O) groups is 1. The number of hydrogen-bond acceptors (Lipinski definition) is 5. The van der Waals surface area contributed by atoms with Crippen LogP contribution < -0.4 is 16.6 Å². The molecule has 11 heteroatoms. The summed E-state index contributed by atoms with van der Waals surface area (Å²) in [5.41, 5.74) is 6.43. The minimum Gasteiger partial charge on any atom is -0.384 e. The molecule has 3 aromatic heterocycles. The lowest BCUT2D eigenvalue weighted by Gasteiger charge is -2.15. The van der Waals surface area contributed by atoms with Gasteiger partial charge in [-0.05, 0) is 61.5 Å². The van der Waals surface area contributed by atoms with Crippen LogP contribution in [0.25, 0.3) is 27.5 Å². The number of halogens is 3. The molecule has 8 nitrogen and oxygen atoms in total. The number of hydrogen-bond donors (Lipinski definition) is 2. The number of pyridine rings is 2. The van der Waals surface area contributed by atoms with Crippen molar-refractivity contribution < 1.29 is 18.0 Å². The van der Waals surface area contributed by atoms with Gasteiger partial charge in [0.15, 0.2) is 0 Å². The van der Waals surface area contributed by atoms with Crippen molar-refractivity contribution >= 4 is 33.5 Å². The average molecular weight is 506 g/mol. The Hall–Kier alpha value is -4.67. The normalized spacial score (nSPS) is 12.7. The van der Waals surface area contributed by atoms with Crippen LogP contribution in [-0.2, 0) is 13.2 Å². The number of aromatic nitrogens is 4. The maximum Gasteiger partial charge on any atom is 0.416 e. The molecule has 1 atom stereocenters. The van der Waals surface area contributed by atoms with Crippen LogP contribution in [-0.4, -0.2) is 25.2 Å².